The number of carbonyl (C=O) groups is 1. The van der Waals surface area contributed by atoms with Crippen LogP contribution in [0.3, 0.4) is 0 Å². The van der Waals surface area contributed by atoms with Crippen LogP contribution in [0.15, 0.2) is 21.1 Å². The molecule has 0 saturated carbocycles. The number of hydrogen-bond donors (Lipinski definition) is 0. The number of rotatable bonds is 1. The van der Waals surface area contributed by atoms with Crippen LogP contribution in [0.25, 0.3) is 0 Å². The molecule has 0 N–H and O–H groups in total. The molecule has 15 heavy (non-hydrogen) atoms. The van der Waals surface area contributed by atoms with E-state index in [1.165, 1.54) is 6.07 Å². The number of carbonyl (C=O) groups excluding carboxylic acids is 1. The maximum absolute atomic E-state index is 12.2. The van der Waals surface area contributed by atoms with E-state index in [0.717, 1.165) is 11.6 Å². The lowest BCUT2D eigenvalue weighted by molar-refractivity contribution is -0.0885. The van der Waals surface area contributed by atoms with Crippen molar-refractivity contribution >= 4 is 37.6 Å². The Kier molecular flexibility index (Phi) is 3.60. The Bertz CT molecular complexity index is 413. The lowest BCUT2D eigenvalue weighted by atomic mass is 10.1. The number of ketones is 1. The molecule has 0 bridgehead atoms. The van der Waals surface area contributed by atoms with Crippen LogP contribution in [0.4, 0.5) is 13.2 Å². The molecule has 1 aromatic rings. The monoisotopic (exact) mass is 344 g/mol. The molecule has 6 heteroatoms. The van der Waals surface area contributed by atoms with E-state index in [-0.39, 0.29) is 10.0 Å². The van der Waals surface area contributed by atoms with Crippen molar-refractivity contribution in [1.82, 2.24) is 0 Å². The van der Waals surface area contributed by atoms with E-state index in [2.05, 4.69) is 31.9 Å². The Balaban J connectivity index is 3.28. The predicted octanol–water partition coefficient (Wildman–Crippen LogP) is 4.27. The van der Waals surface area contributed by atoms with Gasteiger partial charge in [-0.2, -0.15) is 13.2 Å². The molecule has 0 aromatic heterocycles. The Labute approximate surface area is 101 Å². The molecule has 0 spiro atoms. The minimum Gasteiger partial charge on any atom is -0.284 e. The van der Waals surface area contributed by atoms with E-state index in [1.54, 1.807) is 6.92 Å². The summed E-state index contributed by atoms with van der Waals surface area (Å²) in [6.45, 7) is 1.72. The van der Waals surface area contributed by atoms with E-state index in [4.69, 9.17) is 0 Å². The topological polar surface area (TPSA) is 17.1 Å². The highest BCUT2D eigenvalue weighted by atomic mass is 79.9. The van der Waals surface area contributed by atoms with Crippen molar-refractivity contribution in [3.8, 4) is 0 Å². The molecular formula is C9H5Br2F3O. The van der Waals surface area contributed by atoms with E-state index in [1.807, 2.05) is 0 Å². The fourth-order valence-electron chi connectivity index (χ4n) is 0.973. The van der Waals surface area contributed by atoms with Crippen LogP contribution in [0.1, 0.15) is 15.9 Å². The molecule has 0 saturated heterocycles. The van der Waals surface area contributed by atoms with Gasteiger partial charge < -0.3 is 0 Å². The zero-order chi connectivity index (χ0) is 11.8. The van der Waals surface area contributed by atoms with Gasteiger partial charge in [-0.1, -0.05) is 31.9 Å². The molecule has 1 aromatic carbocycles. The van der Waals surface area contributed by atoms with E-state index >= 15 is 0 Å². The predicted molar refractivity (Wildman–Crippen MR) is 57.0 cm³/mol. The lowest BCUT2D eigenvalue weighted by Gasteiger charge is -2.09. The molecule has 0 aliphatic carbocycles. The Morgan fingerprint density at radius 3 is 2.20 bits per heavy atom. The van der Waals surface area contributed by atoms with Crippen LogP contribution < -0.4 is 0 Å². The summed E-state index contributed by atoms with van der Waals surface area (Å²) in [7, 11) is 0. The molecule has 82 valence electrons. The van der Waals surface area contributed by atoms with Gasteiger partial charge in [0.2, 0.25) is 0 Å². The van der Waals surface area contributed by atoms with Gasteiger partial charge in [0.25, 0.3) is 5.78 Å². The summed E-state index contributed by atoms with van der Waals surface area (Å²) in [6.07, 6.45) is -4.85. The number of Topliss-reactive ketones (excluding diaryl/α,β-unsaturated/α-hetero) is 1. The quantitative estimate of drug-likeness (QED) is 0.695. The number of benzene rings is 1. The van der Waals surface area contributed by atoms with Gasteiger partial charge in [0, 0.05) is 14.5 Å². The summed E-state index contributed by atoms with van der Waals surface area (Å²) in [6, 6.07) is 2.62. The summed E-state index contributed by atoms with van der Waals surface area (Å²) >= 11 is 6.01. The standard InChI is InChI=1S/C9H5Br2F3O/c1-4-2-7(11)5(3-6(4)10)8(15)9(12,13)14/h2-3H,1H3. The van der Waals surface area contributed by atoms with Crippen LogP contribution >= 0.6 is 31.9 Å². The van der Waals surface area contributed by atoms with E-state index in [9.17, 15) is 18.0 Å². The molecule has 1 rings (SSSR count). The van der Waals surface area contributed by atoms with Crippen LogP contribution in [0.2, 0.25) is 0 Å². The number of hydrogen-bond acceptors (Lipinski definition) is 1. The van der Waals surface area contributed by atoms with Crippen molar-refractivity contribution in [3.05, 3.63) is 32.2 Å². The Hall–Kier alpha value is -0.360. The van der Waals surface area contributed by atoms with Gasteiger partial charge in [0.15, 0.2) is 0 Å². The average Bonchev–Trinajstić information content (AvgIpc) is 2.08. The highest BCUT2D eigenvalue weighted by Crippen LogP contribution is 2.30. The molecule has 0 atom stereocenters. The molecule has 0 fully saturated rings. The van der Waals surface area contributed by atoms with Crippen molar-refractivity contribution < 1.29 is 18.0 Å². The second-order valence-electron chi connectivity index (χ2n) is 2.91. The molecule has 0 amide bonds. The van der Waals surface area contributed by atoms with Crippen molar-refractivity contribution in [3.63, 3.8) is 0 Å². The third kappa shape index (κ3) is 2.81. The average molecular weight is 346 g/mol. The molecule has 0 heterocycles. The van der Waals surface area contributed by atoms with Crippen molar-refractivity contribution in [2.75, 3.05) is 0 Å². The van der Waals surface area contributed by atoms with Crippen molar-refractivity contribution in [2.45, 2.75) is 13.1 Å². The van der Waals surface area contributed by atoms with Gasteiger partial charge in [0.05, 0.1) is 0 Å². The van der Waals surface area contributed by atoms with Gasteiger partial charge in [0.1, 0.15) is 0 Å². The molecule has 0 aliphatic rings. The van der Waals surface area contributed by atoms with Gasteiger partial charge in [-0.15, -0.1) is 0 Å². The molecule has 1 nitrogen and oxygen atoms in total. The second kappa shape index (κ2) is 4.25. The van der Waals surface area contributed by atoms with Crippen molar-refractivity contribution in [1.29, 1.82) is 0 Å². The largest absolute Gasteiger partial charge is 0.454 e. The van der Waals surface area contributed by atoms with Gasteiger partial charge in [-0.3, -0.25) is 4.79 Å². The van der Waals surface area contributed by atoms with E-state index in [0.29, 0.717) is 4.47 Å². The zero-order valence-corrected chi connectivity index (χ0v) is 10.6. The Morgan fingerprint density at radius 1 is 1.20 bits per heavy atom. The van der Waals surface area contributed by atoms with Gasteiger partial charge in [-0.05, 0) is 24.6 Å². The molecule has 0 aliphatic heterocycles. The van der Waals surface area contributed by atoms with Crippen LogP contribution in [-0.4, -0.2) is 12.0 Å². The first-order chi connectivity index (χ1) is 6.73. The van der Waals surface area contributed by atoms with Crippen LogP contribution in [-0.2, 0) is 0 Å². The molecule has 0 radical (unpaired) electrons. The lowest BCUT2D eigenvalue weighted by Crippen LogP contribution is -2.23. The third-order valence-corrected chi connectivity index (χ3v) is 3.26. The number of halogens is 5. The second-order valence-corrected chi connectivity index (χ2v) is 4.62. The summed E-state index contributed by atoms with van der Waals surface area (Å²) in [5.74, 6) is -1.85. The maximum Gasteiger partial charge on any atom is 0.454 e. The zero-order valence-electron chi connectivity index (χ0n) is 7.45. The van der Waals surface area contributed by atoms with E-state index < -0.39 is 12.0 Å². The highest BCUT2D eigenvalue weighted by Gasteiger charge is 2.40. The maximum atomic E-state index is 12.2. The summed E-state index contributed by atoms with van der Waals surface area (Å²) in [4.78, 5) is 11.0. The minimum atomic E-state index is -4.85. The van der Waals surface area contributed by atoms with Crippen LogP contribution in [0.5, 0.6) is 0 Å². The van der Waals surface area contributed by atoms with Crippen molar-refractivity contribution in [2.24, 2.45) is 0 Å². The SMILES string of the molecule is Cc1cc(Br)c(C(=O)C(F)(F)F)cc1Br. The first-order valence-corrected chi connectivity index (χ1v) is 5.39. The van der Waals surface area contributed by atoms with Gasteiger partial charge >= 0.3 is 6.18 Å². The molecule has 0 unspecified atom stereocenters. The first kappa shape index (κ1) is 12.7. The normalized spacial score (nSPS) is 11.6. The number of aryl methyl sites for hydroxylation is 1. The first-order valence-electron chi connectivity index (χ1n) is 3.80. The fourth-order valence-corrected chi connectivity index (χ4v) is 1.95. The summed E-state index contributed by atoms with van der Waals surface area (Å²) < 4.78 is 37.1. The Morgan fingerprint density at radius 2 is 1.73 bits per heavy atom. The smallest absolute Gasteiger partial charge is 0.284 e. The summed E-state index contributed by atoms with van der Waals surface area (Å²) in [5, 5.41) is 0. The molecular weight excluding hydrogens is 341 g/mol. The summed E-state index contributed by atoms with van der Waals surface area (Å²) in [5.41, 5.74) is 0.362. The third-order valence-electron chi connectivity index (χ3n) is 1.75. The number of alkyl halides is 3. The van der Waals surface area contributed by atoms with Crippen LogP contribution in [0, 0.1) is 6.92 Å². The fraction of sp³-hybridized carbons (Fsp3) is 0.222. The minimum absolute atomic E-state index is 0.144. The van der Waals surface area contributed by atoms with Gasteiger partial charge in [-0.25, -0.2) is 0 Å². The highest BCUT2D eigenvalue weighted by molar-refractivity contribution is 9.11.